The van der Waals surface area contributed by atoms with Crippen LogP contribution in [0.1, 0.15) is 22.1 Å². The Bertz CT molecular complexity index is 794. The van der Waals surface area contributed by atoms with Crippen molar-refractivity contribution in [3.63, 3.8) is 0 Å². The van der Waals surface area contributed by atoms with E-state index in [9.17, 15) is 17.2 Å². The zero-order chi connectivity index (χ0) is 17.2. The molecule has 1 aliphatic rings. The lowest BCUT2D eigenvalue weighted by molar-refractivity contribution is 0.427. The van der Waals surface area contributed by atoms with Gasteiger partial charge in [0.1, 0.15) is 11.6 Å². The highest BCUT2D eigenvalue weighted by atomic mass is 32.2. The Kier molecular flexibility index (Phi) is 5.59. The molecule has 1 unspecified atom stereocenters. The van der Waals surface area contributed by atoms with Crippen LogP contribution in [0.25, 0.3) is 0 Å². The van der Waals surface area contributed by atoms with Crippen molar-refractivity contribution in [2.24, 2.45) is 0 Å². The minimum absolute atomic E-state index is 0.123. The molecule has 3 rings (SSSR count). The summed E-state index contributed by atoms with van der Waals surface area (Å²) in [7, 11) is -3.67. The van der Waals surface area contributed by atoms with E-state index >= 15 is 0 Å². The number of thiophene rings is 1. The van der Waals surface area contributed by atoms with E-state index in [4.69, 9.17) is 0 Å². The zero-order valence-corrected chi connectivity index (χ0v) is 15.3. The number of rotatable bonds is 4. The SMILES string of the molecule is O=S(=O)(Cc1cc(F)ccc1F)N1CCSC(c2cccs2)CC1. The molecule has 0 spiro atoms. The monoisotopic (exact) mass is 389 g/mol. The molecule has 1 aromatic heterocycles. The molecule has 1 atom stereocenters. The van der Waals surface area contributed by atoms with Gasteiger partial charge in [0.05, 0.1) is 5.75 Å². The topological polar surface area (TPSA) is 37.4 Å². The molecule has 0 saturated carbocycles. The van der Waals surface area contributed by atoms with E-state index in [1.165, 1.54) is 9.18 Å². The van der Waals surface area contributed by atoms with Crippen molar-refractivity contribution in [1.82, 2.24) is 4.31 Å². The fourth-order valence-corrected chi connectivity index (χ4v) is 6.57. The molecular formula is C16H17F2NO2S3. The fourth-order valence-electron chi connectivity index (χ4n) is 2.67. The van der Waals surface area contributed by atoms with E-state index in [0.717, 1.165) is 24.6 Å². The molecule has 1 saturated heterocycles. The predicted molar refractivity (Wildman–Crippen MR) is 94.7 cm³/mol. The molecule has 1 aromatic carbocycles. The highest BCUT2D eigenvalue weighted by Crippen LogP contribution is 2.37. The highest BCUT2D eigenvalue weighted by Gasteiger charge is 2.28. The third-order valence-electron chi connectivity index (χ3n) is 3.90. The van der Waals surface area contributed by atoms with Crippen molar-refractivity contribution >= 4 is 33.1 Å². The lowest BCUT2D eigenvalue weighted by Gasteiger charge is -2.20. The minimum Gasteiger partial charge on any atom is -0.212 e. The second-order valence-corrected chi connectivity index (χ2v) is 9.81. The summed E-state index contributed by atoms with van der Waals surface area (Å²) >= 11 is 3.42. The Morgan fingerprint density at radius 2 is 2.04 bits per heavy atom. The van der Waals surface area contributed by atoms with Crippen LogP contribution in [0.3, 0.4) is 0 Å². The molecule has 1 fully saturated rings. The minimum atomic E-state index is -3.67. The molecule has 2 heterocycles. The molecule has 130 valence electrons. The van der Waals surface area contributed by atoms with Gasteiger partial charge in [-0.2, -0.15) is 11.8 Å². The van der Waals surface area contributed by atoms with Gasteiger partial charge >= 0.3 is 0 Å². The fraction of sp³-hybridized carbons (Fsp3) is 0.375. The van der Waals surface area contributed by atoms with Gasteiger partial charge < -0.3 is 0 Å². The van der Waals surface area contributed by atoms with Gasteiger partial charge in [-0.05, 0) is 36.1 Å². The van der Waals surface area contributed by atoms with Crippen molar-refractivity contribution in [3.05, 3.63) is 57.8 Å². The van der Waals surface area contributed by atoms with E-state index in [0.29, 0.717) is 18.8 Å². The van der Waals surface area contributed by atoms with E-state index in [-0.39, 0.29) is 10.8 Å². The largest absolute Gasteiger partial charge is 0.218 e. The van der Waals surface area contributed by atoms with Crippen LogP contribution in [0, 0.1) is 11.6 Å². The number of hydrogen-bond acceptors (Lipinski definition) is 4. The first-order chi connectivity index (χ1) is 11.5. The average molecular weight is 390 g/mol. The summed E-state index contributed by atoms with van der Waals surface area (Å²) in [4.78, 5) is 1.25. The molecule has 0 radical (unpaired) electrons. The normalized spacial score (nSPS) is 20.0. The van der Waals surface area contributed by atoms with Crippen LogP contribution < -0.4 is 0 Å². The summed E-state index contributed by atoms with van der Waals surface area (Å²) in [5.74, 6) is -1.15. The summed E-state index contributed by atoms with van der Waals surface area (Å²) in [6, 6.07) is 6.96. The third kappa shape index (κ3) is 4.17. The van der Waals surface area contributed by atoms with Crippen molar-refractivity contribution in [2.75, 3.05) is 18.8 Å². The van der Waals surface area contributed by atoms with Crippen LogP contribution >= 0.6 is 23.1 Å². The van der Waals surface area contributed by atoms with Gasteiger partial charge in [-0.25, -0.2) is 21.5 Å². The predicted octanol–water partition coefficient (Wildman–Crippen LogP) is 4.04. The molecule has 8 heteroatoms. The zero-order valence-electron chi connectivity index (χ0n) is 12.8. The number of sulfonamides is 1. The molecule has 0 bridgehead atoms. The molecule has 0 N–H and O–H groups in total. The lowest BCUT2D eigenvalue weighted by atomic mass is 10.2. The highest BCUT2D eigenvalue weighted by molar-refractivity contribution is 7.99. The molecule has 24 heavy (non-hydrogen) atoms. The van der Waals surface area contributed by atoms with Crippen LogP contribution in [0.2, 0.25) is 0 Å². The quantitative estimate of drug-likeness (QED) is 0.792. The average Bonchev–Trinajstić information content (AvgIpc) is 2.94. The summed E-state index contributed by atoms with van der Waals surface area (Å²) < 4.78 is 53.6. The first-order valence-electron chi connectivity index (χ1n) is 7.52. The smallest absolute Gasteiger partial charge is 0.212 e. The lowest BCUT2D eigenvalue weighted by Crippen LogP contribution is -2.34. The van der Waals surface area contributed by atoms with Crippen LogP contribution in [-0.4, -0.2) is 31.6 Å². The molecule has 3 nitrogen and oxygen atoms in total. The molecular weight excluding hydrogens is 372 g/mol. The maximum atomic E-state index is 13.7. The summed E-state index contributed by atoms with van der Waals surface area (Å²) in [5.41, 5.74) is -0.123. The third-order valence-corrected chi connectivity index (χ3v) is 8.17. The van der Waals surface area contributed by atoms with Crippen LogP contribution in [-0.2, 0) is 15.8 Å². The van der Waals surface area contributed by atoms with Crippen molar-refractivity contribution < 1.29 is 17.2 Å². The van der Waals surface area contributed by atoms with Crippen molar-refractivity contribution in [3.8, 4) is 0 Å². The second-order valence-electron chi connectivity index (χ2n) is 5.55. The van der Waals surface area contributed by atoms with Crippen LogP contribution in [0.15, 0.2) is 35.7 Å². The Morgan fingerprint density at radius 1 is 1.21 bits per heavy atom. The van der Waals surface area contributed by atoms with Gasteiger partial charge in [0.2, 0.25) is 10.0 Å². The van der Waals surface area contributed by atoms with Crippen molar-refractivity contribution in [2.45, 2.75) is 17.4 Å². The van der Waals surface area contributed by atoms with Crippen LogP contribution in [0.5, 0.6) is 0 Å². The van der Waals surface area contributed by atoms with Gasteiger partial charge in [0, 0.05) is 34.5 Å². The number of thioether (sulfide) groups is 1. The van der Waals surface area contributed by atoms with Gasteiger partial charge in [-0.3, -0.25) is 0 Å². The van der Waals surface area contributed by atoms with Gasteiger partial charge in [-0.15, -0.1) is 11.3 Å². The Labute approximate surface area is 148 Å². The number of hydrogen-bond donors (Lipinski definition) is 0. The van der Waals surface area contributed by atoms with Crippen molar-refractivity contribution in [1.29, 1.82) is 0 Å². The second kappa shape index (κ2) is 7.51. The summed E-state index contributed by atoms with van der Waals surface area (Å²) in [6.07, 6.45) is 0.718. The Hall–Kier alpha value is -0.960. The Balaban J connectivity index is 1.72. The van der Waals surface area contributed by atoms with E-state index in [2.05, 4.69) is 6.07 Å². The van der Waals surface area contributed by atoms with E-state index in [1.807, 2.05) is 11.4 Å². The summed E-state index contributed by atoms with van der Waals surface area (Å²) in [5, 5.41) is 2.30. The number of nitrogens with zero attached hydrogens (tertiary/aromatic N) is 1. The van der Waals surface area contributed by atoms with Crippen LogP contribution in [0.4, 0.5) is 8.78 Å². The standard InChI is InChI=1S/C16H17F2NO2S3/c17-13-3-4-14(18)12(10-13)11-24(20,21)19-6-5-16(23-9-7-19)15-2-1-8-22-15/h1-4,8,10,16H,5-7,9,11H2. The van der Waals surface area contributed by atoms with Gasteiger partial charge in [0.25, 0.3) is 0 Å². The number of halogens is 2. The Morgan fingerprint density at radius 3 is 2.79 bits per heavy atom. The first-order valence-corrected chi connectivity index (χ1v) is 11.1. The van der Waals surface area contributed by atoms with Gasteiger partial charge in [0.15, 0.2) is 0 Å². The first kappa shape index (κ1) is 17.8. The maximum absolute atomic E-state index is 13.7. The van der Waals surface area contributed by atoms with E-state index < -0.39 is 27.4 Å². The molecule has 0 amide bonds. The molecule has 0 aliphatic carbocycles. The maximum Gasteiger partial charge on any atom is 0.218 e. The molecule has 2 aromatic rings. The summed E-state index contributed by atoms with van der Waals surface area (Å²) in [6.45, 7) is 0.792. The van der Waals surface area contributed by atoms with E-state index in [1.54, 1.807) is 23.1 Å². The molecule has 1 aliphatic heterocycles. The van der Waals surface area contributed by atoms with Gasteiger partial charge in [-0.1, -0.05) is 6.07 Å². The number of benzene rings is 1.